The highest BCUT2D eigenvalue weighted by molar-refractivity contribution is 7.91. The van der Waals surface area contributed by atoms with E-state index in [2.05, 4.69) is 53.9 Å². The number of hydrogen-bond acceptors (Lipinski definition) is 14. The van der Waals surface area contributed by atoms with E-state index in [4.69, 9.17) is 14.7 Å². The summed E-state index contributed by atoms with van der Waals surface area (Å²) in [5.41, 5.74) is 2.95. The average Bonchev–Trinajstić information content (AvgIpc) is 0.836. The molecule has 0 amide bonds. The maximum absolute atomic E-state index is 12.2. The Bertz CT molecular complexity index is 4110. The molecule has 0 fully saturated rings. The van der Waals surface area contributed by atoms with Gasteiger partial charge in [0.15, 0.2) is 11.5 Å². The second-order valence-electron chi connectivity index (χ2n) is 21.9. The molecule has 0 bridgehead atoms. The number of sulfone groups is 1. The van der Waals surface area contributed by atoms with Gasteiger partial charge in [-0.25, -0.2) is 13.2 Å². The van der Waals surface area contributed by atoms with Crippen LogP contribution >= 0.6 is 0 Å². The highest BCUT2D eigenvalue weighted by Gasteiger charge is 2.31. The number of nitrogens with zero attached hydrogens (tertiary/aromatic N) is 1. The van der Waals surface area contributed by atoms with Crippen LogP contribution in [0.1, 0.15) is 74.2 Å². The Labute approximate surface area is 583 Å². The van der Waals surface area contributed by atoms with Crippen LogP contribution in [0.3, 0.4) is 0 Å². The summed E-state index contributed by atoms with van der Waals surface area (Å²) in [4.78, 5) is 21.7. The van der Waals surface area contributed by atoms with Gasteiger partial charge in [0, 0.05) is 5.56 Å². The molecule has 14 nitrogen and oxygen atoms in total. The van der Waals surface area contributed by atoms with Gasteiger partial charge in [0.1, 0.15) is 52.6 Å². The van der Waals surface area contributed by atoms with Gasteiger partial charge in [0.25, 0.3) is 0 Å². The lowest BCUT2D eigenvalue weighted by atomic mass is 9.86. The summed E-state index contributed by atoms with van der Waals surface area (Å²) >= 11 is 0. The second-order valence-corrected chi connectivity index (χ2v) is 23.9. The van der Waals surface area contributed by atoms with Gasteiger partial charge in [0.2, 0.25) is 9.84 Å². The largest absolute Gasteiger partial charge is 0.573 e. The third-order valence-electron chi connectivity index (χ3n) is 12.2. The van der Waals surface area contributed by atoms with Crippen molar-refractivity contribution in [3.8, 4) is 57.8 Å². The molecule has 0 aliphatic rings. The van der Waals surface area contributed by atoms with Crippen LogP contribution in [-0.4, -0.2) is 66.9 Å². The van der Waals surface area contributed by atoms with Gasteiger partial charge >= 0.3 is 52.2 Å². The molecule has 0 aliphatic carbocycles. The lowest BCUT2D eigenvalue weighted by molar-refractivity contribution is -0.274. The topological polar surface area (TPSA) is 175 Å². The molecule has 0 saturated carbocycles. The number of rotatable bonds is 18. The van der Waals surface area contributed by atoms with Crippen LogP contribution in [0.15, 0.2) is 240 Å². The number of hydrogen-bond donors (Lipinski definition) is 0. The summed E-state index contributed by atoms with van der Waals surface area (Å²) in [6.07, 6.45) is -5.07. The van der Waals surface area contributed by atoms with Gasteiger partial charge in [-0.15, -0.1) is 13.2 Å². The zero-order valence-corrected chi connectivity index (χ0v) is 56.1. The molecule has 0 spiro atoms. The van der Waals surface area contributed by atoms with E-state index in [0.29, 0.717) is 17.4 Å². The third-order valence-corrected chi connectivity index (χ3v) is 14.0. The zero-order valence-electron chi connectivity index (χ0n) is 55.3. The van der Waals surface area contributed by atoms with Gasteiger partial charge in [0.05, 0.1) is 15.4 Å². The fourth-order valence-corrected chi connectivity index (χ4v) is 8.88. The fraction of sp³-hybridized carbons (Fsp3) is 0.219. The summed E-state index contributed by atoms with van der Waals surface area (Å²) in [6.45, 7) is -3.47. The average molecular weight is 1480 g/mol. The number of alkyl halides is 15. The third kappa shape index (κ3) is 35.2. The van der Waals surface area contributed by atoms with Crippen molar-refractivity contribution in [3.05, 3.63) is 258 Å². The molecule has 9 rings (SSSR count). The van der Waals surface area contributed by atoms with Crippen LogP contribution in [-0.2, 0) is 20.7 Å². The van der Waals surface area contributed by atoms with Crippen molar-refractivity contribution in [2.24, 2.45) is 0 Å². The number of ether oxygens (including phenoxy) is 9. The minimum Gasteiger partial charge on any atom is -0.435 e. The predicted molar refractivity (Wildman–Crippen MR) is 349 cm³/mol. The minimum atomic E-state index is -4.60. The second kappa shape index (κ2) is 42.9. The van der Waals surface area contributed by atoms with Crippen LogP contribution in [0, 0.1) is 18.3 Å². The number of nitriles is 1. The van der Waals surface area contributed by atoms with E-state index < -0.39 is 62.0 Å². The molecule has 0 atom stereocenters. The summed E-state index contributed by atoms with van der Waals surface area (Å²) in [7, 11) is -3.72. The number of carbonyl (C=O) groups is 2. The molecule has 0 heterocycles. The summed E-state index contributed by atoms with van der Waals surface area (Å²) in [5, 5.41) is 8.75. The van der Waals surface area contributed by atoms with Crippen LogP contribution in [0.2, 0.25) is 0 Å². The molecule has 0 radical (unpaired) electrons. The molecule has 30 heteroatoms. The van der Waals surface area contributed by atoms with Crippen molar-refractivity contribution in [2.45, 2.75) is 115 Å². The van der Waals surface area contributed by atoms with Crippen molar-refractivity contribution in [3.63, 3.8) is 0 Å². The first-order valence-electron chi connectivity index (χ1n) is 29.6. The summed E-state index contributed by atoms with van der Waals surface area (Å²) in [6, 6.07) is 59.2. The zero-order chi connectivity index (χ0) is 76.9. The SMILES string of the molecule is CC(C)(C)c1ccc(C#N)c(OC(F)F)c1.CC(C)(C)c1ccc(OC(F)F)cc1.Cc1ccccc1OC(F)F.FC(F)(F)Oc1ccccc1.O=C(Oc1ccccc1)Oc1ccccc1OC(F)F.O=Cc1cccc(OC(F)F)c1.O=S(=O)(c1ccccc1)c1cccc(OC(F)F)c1. The molecule has 0 unspecified atom stereocenters. The smallest absolute Gasteiger partial charge is 0.435 e. The normalized spacial score (nSPS) is 10.9. The number of halogens is 15. The number of aldehydes is 1. The van der Waals surface area contributed by atoms with E-state index in [0.717, 1.165) is 17.2 Å². The number of aryl methyl sites for hydroxylation is 1. The number of para-hydroxylation sites is 5. The van der Waals surface area contributed by atoms with E-state index in [-0.39, 0.29) is 77.9 Å². The van der Waals surface area contributed by atoms with E-state index in [1.807, 2.05) is 26.8 Å². The maximum atomic E-state index is 12.2. The molecule has 9 aromatic carbocycles. The minimum absolute atomic E-state index is 0.00500. The Hall–Kier alpha value is -11.1. The van der Waals surface area contributed by atoms with Gasteiger partial charge < -0.3 is 42.6 Å². The molecule has 0 N–H and O–H groups in total. The van der Waals surface area contributed by atoms with Crippen molar-refractivity contribution in [1.29, 1.82) is 5.26 Å². The molecule has 552 valence electrons. The molecule has 0 aromatic heterocycles. The van der Waals surface area contributed by atoms with Gasteiger partial charge in [-0.1, -0.05) is 163 Å². The molecule has 0 aliphatic heterocycles. The fourth-order valence-electron chi connectivity index (χ4n) is 7.56. The quantitative estimate of drug-likeness (QED) is 0.0343. The Balaban J connectivity index is 0.000000316. The van der Waals surface area contributed by atoms with Crippen LogP contribution < -0.4 is 42.6 Å². The van der Waals surface area contributed by atoms with Crippen LogP contribution in [0.4, 0.5) is 70.7 Å². The lowest BCUT2D eigenvalue weighted by Gasteiger charge is -2.20. The lowest BCUT2D eigenvalue weighted by Crippen LogP contribution is -2.16. The highest BCUT2D eigenvalue weighted by Crippen LogP contribution is 2.32. The van der Waals surface area contributed by atoms with Gasteiger partial charge in [-0.2, -0.15) is 57.9 Å². The highest BCUT2D eigenvalue weighted by atomic mass is 32.2. The molecular formula is C73H66F15NO13S. The maximum Gasteiger partial charge on any atom is 0.573 e. The first kappa shape index (κ1) is 86.1. The van der Waals surface area contributed by atoms with Gasteiger partial charge in [-0.3, -0.25) is 4.79 Å². The Morgan fingerprint density at radius 1 is 0.398 bits per heavy atom. The van der Waals surface area contributed by atoms with Crippen molar-refractivity contribution in [1.82, 2.24) is 0 Å². The molecular weight excluding hydrogens is 1420 g/mol. The molecule has 103 heavy (non-hydrogen) atoms. The van der Waals surface area contributed by atoms with E-state index in [1.165, 1.54) is 121 Å². The Kier molecular flexibility index (Phi) is 35.9. The van der Waals surface area contributed by atoms with E-state index >= 15 is 0 Å². The van der Waals surface area contributed by atoms with Crippen LogP contribution in [0.5, 0.6) is 51.7 Å². The van der Waals surface area contributed by atoms with Crippen molar-refractivity contribution < 1.29 is 126 Å². The molecule has 0 saturated heterocycles. The van der Waals surface area contributed by atoms with Crippen LogP contribution in [0.25, 0.3) is 0 Å². The molecule has 9 aromatic rings. The summed E-state index contributed by atoms with van der Waals surface area (Å²) in [5.74, 6) is -0.118. The first-order valence-corrected chi connectivity index (χ1v) is 31.1. The van der Waals surface area contributed by atoms with Crippen molar-refractivity contribution >= 4 is 22.3 Å². The Morgan fingerprint density at radius 3 is 1.27 bits per heavy atom. The standard InChI is InChI=1S/C14H10F2O4.C13H10F2O3S.C12H13F2NO.C11H14F2O.C8H6F2O2.C8H8F2O.C7H5F3O/c15-13(16)19-11-8-4-5-9-12(11)20-14(17)18-10-6-2-1-3-7-10;14-13(15)18-10-5-4-8-12(9-10)19(16,17)11-6-2-1-3-7-11;1-12(2,3)9-5-4-8(7-15)10(6-9)16-11(13)14;1-11(2,3)8-4-6-9(7-5-8)14-10(12)13;9-8(10)12-7-3-1-2-6(4-7)5-11;1-6-4-2-3-5-7(6)11-8(9)10;8-7(9,10)11-6-4-2-1-3-5-6/h1-9,13H;1-9,13H;4-6,11H,1-3H3;4-7,10H,1-3H3;1-5,8H;2-5,8H,1H3;1-5H. The summed E-state index contributed by atoms with van der Waals surface area (Å²) < 4.78 is 241. The monoisotopic (exact) mass is 1480 g/mol. The van der Waals surface area contributed by atoms with Crippen molar-refractivity contribution in [2.75, 3.05) is 0 Å². The predicted octanol–water partition coefficient (Wildman–Crippen LogP) is 21.3. The van der Waals surface area contributed by atoms with Gasteiger partial charge in [-0.05, 0) is 144 Å². The number of carbonyl (C=O) groups excluding carboxylic acids is 2. The van der Waals surface area contributed by atoms with E-state index in [1.54, 1.807) is 110 Å². The Morgan fingerprint density at radius 2 is 0.796 bits per heavy atom. The first-order chi connectivity index (χ1) is 48.4. The van der Waals surface area contributed by atoms with E-state index in [9.17, 15) is 83.9 Å². The number of benzene rings is 9.